The minimum Gasteiger partial charge on any atom is -0.381 e. The summed E-state index contributed by atoms with van der Waals surface area (Å²) in [6.45, 7) is 5.04. The van der Waals surface area contributed by atoms with E-state index in [0.717, 1.165) is 25.7 Å². The first-order valence-corrected chi connectivity index (χ1v) is 6.90. The molecule has 0 amide bonds. The normalized spacial score (nSPS) is 30.0. The van der Waals surface area contributed by atoms with Crippen molar-refractivity contribution in [3.05, 3.63) is 0 Å². The van der Waals surface area contributed by atoms with Crippen LogP contribution in [-0.2, 0) is 4.74 Å². The summed E-state index contributed by atoms with van der Waals surface area (Å²) >= 11 is 0. The van der Waals surface area contributed by atoms with Gasteiger partial charge in [-0.15, -0.1) is 0 Å². The molecule has 0 spiro atoms. The van der Waals surface area contributed by atoms with Crippen LogP contribution < -0.4 is 5.73 Å². The lowest BCUT2D eigenvalue weighted by molar-refractivity contribution is 0.0320. The molecule has 2 aliphatic heterocycles. The lowest BCUT2D eigenvalue weighted by Crippen LogP contribution is -2.47. The summed E-state index contributed by atoms with van der Waals surface area (Å²) < 4.78 is 5.45. The Balaban J connectivity index is 1.90. The molecule has 2 fully saturated rings. The SMILES string of the molecule is CN(C)C1CCN(C(CN)C2CCOCC2)C1. The van der Waals surface area contributed by atoms with Gasteiger partial charge in [-0.25, -0.2) is 0 Å². The molecule has 0 saturated carbocycles. The van der Waals surface area contributed by atoms with Crippen LogP contribution in [0.4, 0.5) is 0 Å². The van der Waals surface area contributed by atoms with Gasteiger partial charge in [0.2, 0.25) is 0 Å². The van der Waals surface area contributed by atoms with Crippen molar-refractivity contribution in [2.75, 3.05) is 46.9 Å². The standard InChI is InChI=1S/C13H27N3O/c1-15(2)12-3-6-16(10-12)13(9-14)11-4-7-17-8-5-11/h11-13H,3-10,14H2,1-2H3. The first-order chi connectivity index (χ1) is 8.22. The van der Waals surface area contributed by atoms with Crippen LogP contribution in [0.15, 0.2) is 0 Å². The van der Waals surface area contributed by atoms with E-state index in [1.165, 1.54) is 32.4 Å². The minimum absolute atomic E-state index is 0.573. The Morgan fingerprint density at radius 1 is 1.29 bits per heavy atom. The monoisotopic (exact) mass is 241 g/mol. The zero-order valence-corrected chi connectivity index (χ0v) is 11.3. The van der Waals surface area contributed by atoms with Crippen LogP contribution in [0.25, 0.3) is 0 Å². The summed E-state index contributed by atoms with van der Waals surface area (Å²) in [7, 11) is 4.36. The maximum Gasteiger partial charge on any atom is 0.0469 e. The fraction of sp³-hybridized carbons (Fsp3) is 1.00. The number of hydrogen-bond acceptors (Lipinski definition) is 4. The van der Waals surface area contributed by atoms with Gasteiger partial charge in [0.15, 0.2) is 0 Å². The molecule has 2 saturated heterocycles. The molecule has 4 nitrogen and oxygen atoms in total. The van der Waals surface area contributed by atoms with E-state index in [4.69, 9.17) is 10.5 Å². The fourth-order valence-corrected chi connectivity index (χ4v) is 3.23. The number of nitrogens with zero attached hydrogens (tertiary/aromatic N) is 2. The predicted octanol–water partition coefficient (Wildman–Crippen LogP) is 0.376. The van der Waals surface area contributed by atoms with Gasteiger partial charge in [-0.1, -0.05) is 0 Å². The van der Waals surface area contributed by atoms with E-state index < -0.39 is 0 Å². The van der Waals surface area contributed by atoms with Crippen molar-refractivity contribution < 1.29 is 4.74 Å². The van der Waals surface area contributed by atoms with Crippen molar-refractivity contribution >= 4 is 0 Å². The lowest BCUT2D eigenvalue weighted by atomic mass is 9.91. The second-order valence-electron chi connectivity index (χ2n) is 5.65. The quantitative estimate of drug-likeness (QED) is 0.772. The van der Waals surface area contributed by atoms with Gasteiger partial charge in [-0.3, -0.25) is 4.90 Å². The molecule has 0 radical (unpaired) electrons. The first-order valence-electron chi connectivity index (χ1n) is 6.90. The van der Waals surface area contributed by atoms with E-state index in [2.05, 4.69) is 23.9 Å². The molecule has 0 aromatic carbocycles. The van der Waals surface area contributed by atoms with E-state index in [0.29, 0.717) is 12.1 Å². The van der Waals surface area contributed by atoms with Crippen LogP contribution in [0.2, 0.25) is 0 Å². The highest BCUT2D eigenvalue weighted by molar-refractivity contribution is 4.89. The largest absolute Gasteiger partial charge is 0.381 e. The molecule has 0 aromatic heterocycles. The molecule has 2 heterocycles. The Kier molecular flexibility index (Phi) is 4.79. The number of likely N-dealkylation sites (tertiary alicyclic amines) is 1. The van der Waals surface area contributed by atoms with Crippen molar-refractivity contribution in [2.24, 2.45) is 11.7 Å². The molecule has 4 heteroatoms. The molecule has 2 rings (SSSR count). The number of nitrogens with two attached hydrogens (primary N) is 1. The van der Waals surface area contributed by atoms with Crippen LogP contribution >= 0.6 is 0 Å². The van der Waals surface area contributed by atoms with Crippen molar-refractivity contribution in [3.63, 3.8) is 0 Å². The molecule has 17 heavy (non-hydrogen) atoms. The summed E-state index contributed by atoms with van der Waals surface area (Å²) in [5, 5.41) is 0. The average molecular weight is 241 g/mol. The van der Waals surface area contributed by atoms with Crippen molar-refractivity contribution in [1.82, 2.24) is 9.80 Å². The smallest absolute Gasteiger partial charge is 0.0469 e. The summed E-state index contributed by atoms with van der Waals surface area (Å²) in [5.41, 5.74) is 6.01. The van der Waals surface area contributed by atoms with Gasteiger partial charge < -0.3 is 15.4 Å². The van der Waals surface area contributed by atoms with E-state index in [1.807, 2.05) is 0 Å². The molecule has 0 aromatic rings. The predicted molar refractivity (Wildman–Crippen MR) is 70.1 cm³/mol. The van der Waals surface area contributed by atoms with Gasteiger partial charge in [0, 0.05) is 44.9 Å². The van der Waals surface area contributed by atoms with Gasteiger partial charge in [-0.05, 0) is 39.3 Å². The highest BCUT2D eigenvalue weighted by atomic mass is 16.5. The Morgan fingerprint density at radius 2 is 2.00 bits per heavy atom. The summed E-state index contributed by atoms with van der Waals surface area (Å²) in [4.78, 5) is 4.96. The van der Waals surface area contributed by atoms with Crippen LogP contribution in [0.5, 0.6) is 0 Å². The van der Waals surface area contributed by atoms with Gasteiger partial charge in [-0.2, -0.15) is 0 Å². The maximum absolute atomic E-state index is 6.01. The van der Waals surface area contributed by atoms with Crippen molar-refractivity contribution in [3.8, 4) is 0 Å². The third kappa shape index (κ3) is 3.19. The fourth-order valence-electron chi connectivity index (χ4n) is 3.23. The Morgan fingerprint density at radius 3 is 2.53 bits per heavy atom. The van der Waals surface area contributed by atoms with Crippen LogP contribution in [0.3, 0.4) is 0 Å². The zero-order valence-electron chi connectivity index (χ0n) is 11.3. The average Bonchev–Trinajstić information content (AvgIpc) is 2.81. The number of ether oxygens (including phenoxy) is 1. The number of hydrogen-bond donors (Lipinski definition) is 1. The molecular formula is C13H27N3O. The highest BCUT2D eigenvalue weighted by Gasteiger charge is 2.33. The van der Waals surface area contributed by atoms with Gasteiger partial charge >= 0.3 is 0 Å². The van der Waals surface area contributed by atoms with E-state index in [-0.39, 0.29) is 0 Å². The van der Waals surface area contributed by atoms with E-state index in [1.54, 1.807) is 0 Å². The maximum atomic E-state index is 6.01. The molecule has 0 aliphatic carbocycles. The molecule has 0 bridgehead atoms. The van der Waals surface area contributed by atoms with Crippen molar-refractivity contribution in [1.29, 1.82) is 0 Å². The topological polar surface area (TPSA) is 41.7 Å². The Hall–Kier alpha value is -0.160. The zero-order chi connectivity index (χ0) is 12.3. The molecular weight excluding hydrogens is 214 g/mol. The number of likely N-dealkylation sites (N-methyl/N-ethyl adjacent to an activating group) is 1. The van der Waals surface area contributed by atoms with E-state index >= 15 is 0 Å². The minimum atomic E-state index is 0.573. The van der Waals surface area contributed by atoms with Crippen LogP contribution in [-0.4, -0.2) is 68.8 Å². The van der Waals surface area contributed by atoms with Gasteiger partial charge in [0.1, 0.15) is 0 Å². The second kappa shape index (κ2) is 6.14. The highest BCUT2D eigenvalue weighted by Crippen LogP contribution is 2.26. The summed E-state index contributed by atoms with van der Waals surface area (Å²) in [6.07, 6.45) is 3.66. The summed E-state index contributed by atoms with van der Waals surface area (Å²) in [6, 6.07) is 1.28. The van der Waals surface area contributed by atoms with Gasteiger partial charge in [0.05, 0.1) is 0 Å². The molecule has 2 atom stereocenters. The third-order valence-electron chi connectivity index (χ3n) is 4.45. The van der Waals surface area contributed by atoms with Crippen LogP contribution in [0.1, 0.15) is 19.3 Å². The molecule has 2 aliphatic rings. The van der Waals surface area contributed by atoms with Crippen LogP contribution in [0, 0.1) is 5.92 Å². The van der Waals surface area contributed by atoms with Crippen molar-refractivity contribution in [2.45, 2.75) is 31.3 Å². The molecule has 2 N–H and O–H groups in total. The summed E-state index contributed by atoms with van der Waals surface area (Å²) in [5.74, 6) is 0.745. The first kappa shape index (κ1) is 13.3. The third-order valence-corrected chi connectivity index (χ3v) is 4.45. The molecule has 2 unspecified atom stereocenters. The van der Waals surface area contributed by atoms with E-state index in [9.17, 15) is 0 Å². The lowest BCUT2D eigenvalue weighted by Gasteiger charge is -2.36. The molecule has 100 valence electrons. The number of rotatable bonds is 4. The Labute approximate surface area is 105 Å². The Bertz CT molecular complexity index is 229. The van der Waals surface area contributed by atoms with Gasteiger partial charge in [0.25, 0.3) is 0 Å². The second-order valence-corrected chi connectivity index (χ2v) is 5.65.